The molecule has 4 atom stereocenters. The van der Waals surface area contributed by atoms with Crippen LogP contribution in [0.3, 0.4) is 0 Å². The van der Waals surface area contributed by atoms with E-state index in [-0.39, 0.29) is 23.5 Å². The van der Waals surface area contributed by atoms with Gasteiger partial charge in [-0.1, -0.05) is 213 Å². The average Bonchev–Trinajstić information content (AvgIpc) is 1.59. The molecule has 3 aliphatic carbocycles. The van der Waals surface area contributed by atoms with Crippen LogP contribution in [0, 0.1) is 37.3 Å². The molecule has 0 spiro atoms. The molecule has 0 saturated carbocycles. The number of fused-ring (bicyclic) bond motifs is 6. The number of benzene rings is 11. The molecule has 0 bridgehead atoms. The molecule has 14 rings (SSSR count). The molecule has 0 fully saturated rings. The van der Waals surface area contributed by atoms with Crippen molar-refractivity contribution in [1.82, 2.24) is 0 Å². The molecule has 4 unspecified atom stereocenters. The highest BCUT2D eigenvalue weighted by atomic mass is 19.1. The fourth-order valence-corrected chi connectivity index (χ4v) is 14.5. The van der Waals surface area contributed by atoms with Gasteiger partial charge in [0.1, 0.15) is 11.6 Å². The lowest BCUT2D eigenvalue weighted by molar-refractivity contribution is 0.372. The van der Waals surface area contributed by atoms with Crippen LogP contribution in [-0.4, -0.2) is 0 Å². The molecule has 3 aliphatic rings. The van der Waals surface area contributed by atoms with Crippen molar-refractivity contribution < 1.29 is 8.78 Å². The molecule has 11 aromatic rings. The third-order valence-electron chi connectivity index (χ3n) is 18.5. The molecular formula is C82H64F2N2. The van der Waals surface area contributed by atoms with Gasteiger partial charge in [-0.25, -0.2) is 8.78 Å². The molecule has 0 N–H and O–H groups in total. The van der Waals surface area contributed by atoms with Gasteiger partial charge in [-0.3, -0.25) is 0 Å². The zero-order chi connectivity index (χ0) is 58.8. The van der Waals surface area contributed by atoms with E-state index in [0.29, 0.717) is 0 Å². The number of aryl methyl sites for hydroxylation is 2. The average molecular weight is 1120 g/mol. The second kappa shape index (κ2) is 21.5. The third kappa shape index (κ3) is 8.73. The van der Waals surface area contributed by atoms with Gasteiger partial charge in [-0.2, -0.15) is 0 Å². The van der Waals surface area contributed by atoms with Gasteiger partial charge in [-0.05, 0) is 213 Å². The van der Waals surface area contributed by atoms with Crippen molar-refractivity contribution in [2.24, 2.45) is 11.8 Å². The number of anilines is 6. The largest absolute Gasteiger partial charge is 0.310 e. The van der Waals surface area contributed by atoms with E-state index in [9.17, 15) is 8.78 Å². The maximum absolute atomic E-state index is 14.9. The molecule has 86 heavy (non-hydrogen) atoms. The lowest BCUT2D eigenvalue weighted by Gasteiger charge is -2.43. The van der Waals surface area contributed by atoms with Gasteiger partial charge in [0, 0.05) is 40.0 Å². The number of hydrogen-bond acceptors (Lipinski definition) is 2. The summed E-state index contributed by atoms with van der Waals surface area (Å²) in [5.41, 5.74) is 25.6. The smallest absolute Gasteiger partial charge is 0.123 e. The van der Waals surface area contributed by atoms with Gasteiger partial charge in [-0.15, -0.1) is 0 Å². The van der Waals surface area contributed by atoms with Crippen LogP contribution in [-0.2, 0) is 10.8 Å². The van der Waals surface area contributed by atoms with E-state index in [0.717, 1.165) is 56.4 Å². The van der Waals surface area contributed by atoms with E-state index in [1.807, 2.05) is 36.4 Å². The number of rotatable bonds is 13. The first-order valence-corrected chi connectivity index (χ1v) is 29.7. The predicted molar refractivity (Wildman–Crippen MR) is 355 cm³/mol. The first-order valence-electron chi connectivity index (χ1n) is 29.7. The molecule has 0 heterocycles. The van der Waals surface area contributed by atoms with Crippen LogP contribution in [0.2, 0.25) is 0 Å². The van der Waals surface area contributed by atoms with Crippen LogP contribution >= 0.6 is 0 Å². The number of halogens is 2. The highest BCUT2D eigenvalue weighted by molar-refractivity contribution is 5.92. The summed E-state index contributed by atoms with van der Waals surface area (Å²) in [6.45, 7) is 17.1. The highest BCUT2D eigenvalue weighted by Crippen LogP contribution is 2.61. The van der Waals surface area contributed by atoms with Gasteiger partial charge in [0.05, 0.1) is 10.8 Å². The fraction of sp³-hybridized carbons (Fsp3) is 0.0976. The minimum absolute atomic E-state index is 0.109. The van der Waals surface area contributed by atoms with Crippen molar-refractivity contribution in [2.45, 2.75) is 38.5 Å². The molecule has 0 saturated heterocycles. The molecule has 2 nitrogen and oxygen atoms in total. The van der Waals surface area contributed by atoms with Crippen LogP contribution in [0.5, 0.6) is 0 Å². The Balaban J connectivity index is 0.864. The fourth-order valence-electron chi connectivity index (χ4n) is 14.5. The first-order chi connectivity index (χ1) is 42.0. The zero-order valence-corrected chi connectivity index (χ0v) is 48.8. The summed E-state index contributed by atoms with van der Waals surface area (Å²) in [5, 5.41) is 0. The van der Waals surface area contributed by atoms with Crippen molar-refractivity contribution in [3.05, 3.63) is 359 Å². The predicted octanol–water partition coefficient (Wildman–Crippen LogP) is 21.9. The van der Waals surface area contributed by atoms with Crippen molar-refractivity contribution in [1.29, 1.82) is 0 Å². The van der Waals surface area contributed by atoms with E-state index in [1.54, 1.807) is 0 Å². The zero-order valence-electron chi connectivity index (χ0n) is 48.8. The second-order valence-electron chi connectivity index (χ2n) is 23.5. The first kappa shape index (κ1) is 53.8. The Morgan fingerprint density at radius 2 is 0.849 bits per heavy atom. The maximum atomic E-state index is 14.9. The van der Waals surface area contributed by atoms with Gasteiger partial charge in [0.25, 0.3) is 0 Å². The Morgan fingerprint density at radius 3 is 1.38 bits per heavy atom. The molecule has 0 radical (unpaired) electrons. The van der Waals surface area contributed by atoms with Crippen LogP contribution in [0.4, 0.5) is 42.9 Å². The van der Waals surface area contributed by atoms with Crippen LogP contribution in [0.15, 0.2) is 286 Å². The molecule has 0 aliphatic heterocycles. The Bertz CT molecular complexity index is 4500. The topological polar surface area (TPSA) is 6.48 Å². The van der Waals surface area contributed by atoms with E-state index < -0.39 is 10.8 Å². The Morgan fingerprint density at radius 1 is 0.407 bits per heavy atom. The molecule has 0 aromatic heterocycles. The second-order valence-corrected chi connectivity index (χ2v) is 23.5. The Kier molecular flexibility index (Phi) is 13.4. The highest BCUT2D eigenvalue weighted by Gasteiger charge is 2.52. The molecule has 0 amide bonds. The van der Waals surface area contributed by atoms with Crippen molar-refractivity contribution >= 4 is 46.3 Å². The van der Waals surface area contributed by atoms with Crippen molar-refractivity contribution in [3.63, 3.8) is 0 Å². The number of hydrogen-bond donors (Lipinski definition) is 0. The monoisotopic (exact) mass is 1110 g/mol. The summed E-state index contributed by atoms with van der Waals surface area (Å²) in [4.78, 5) is 4.47. The lowest BCUT2D eigenvalue weighted by atomic mass is 9.59. The summed E-state index contributed by atoms with van der Waals surface area (Å²) < 4.78 is 29.8. The van der Waals surface area contributed by atoms with E-state index in [4.69, 9.17) is 0 Å². The molecule has 4 heteroatoms. The lowest BCUT2D eigenvalue weighted by Crippen LogP contribution is -2.39. The van der Waals surface area contributed by atoms with Crippen molar-refractivity contribution in [3.8, 4) is 33.4 Å². The van der Waals surface area contributed by atoms with E-state index >= 15 is 0 Å². The van der Waals surface area contributed by atoms with Crippen molar-refractivity contribution in [2.75, 3.05) is 9.80 Å². The van der Waals surface area contributed by atoms with E-state index in [2.05, 4.69) is 269 Å². The van der Waals surface area contributed by atoms with Gasteiger partial charge in [0.2, 0.25) is 0 Å². The summed E-state index contributed by atoms with van der Waals surface area (Å²) in [6, 6.07) is 87.0. The normalized spacial score (nSPS) is 17.9. The molecular weight excluding hydrogens is 1050 g/mol. The molecule has 416 valence electrons. The summed E-state index contributed by atoms with van der Waals surface area (Å²) in [7, 11) is 0. The van der Waals surface area contributed by atoms with E-state index in [1.165, 1.54) is 102 Å². The van der Waals surface area contributed by atoms with Gasteiger partial charge >= 0.3 is 0 Å². The van der Waals surface area contributed by atoms with Crippen LogP contribution in [0.1, 0.15) is 75.0 Å². The maximum Gasteiger partial charge on any atom is 0.123 e. The van der Waals surface area contributed by atoms with Crippen LogP contribution < -0.4 is 9.80 Å². The minimum Gasteiger partial charge on any atom is -0.310 e. The number of nitrogens with zero attached hydrogens (tertiary/aromatic N) is 2. The quantitative estimate of drug-likeness (QED) is 0.114. The van der Waals surface area contributed by atoms with Crippen LogP contribution in [0.25, 0.3) is 45.5 Å². The minimum atomic E-state index is -0.647. The van der Waals surface area contributed by atoms with Gasteiger partial charge < -0.3 is 9.80 Å². The summed E-state index contributed by atoms with van der Waals surface area (Å²) in [5.74, 6) is -0.242. The Labute approximate surface area is 504 Å². The Hall–Kier alpha value is -10.2. The standard InChI is InChI=1S/C82H64F2N2/c1-7-57-21-29-61(30-22-57)81(77-49-53(3)17-19-55(77)5)75-15-11-9-13-71(75)73-47-45-69(51-79(73)81)85(67-41-33-63(83)34-42-67)65-37-25-59(26-38-65)60-27-39-66(40-28-60)86(68-43-35-64(84)36-44-68)70-46-48-74-72-14-10-12-16-76(72)82(80(74)52-70,62-31-23-58(8-2)24-32-62)78-50-54(4)18-20-56(78)6/h7-52,55,77H,1-2H2,3-6H3. The summed E-state index contributed by atoms with van der Waals surface area (Å²) in [6.07, 6.45) is 10.9. The SMILES string of the molecule is C=Cc1ccc(C2(c3cc(C)ccc3C)c3ccccc3-c3ccc(N(c4ccc(F)cc4)c4ccc(-c5ccc(N(c6ccc(F)cc6)c6ccc7c(c6)C(c6ccc(C=C)cc6)(C6C=C(C)C=CC6C)c6ccccc6-7)cc5)cc4)cc32)cc1. The summed E-state index contributed by atoms with van der Waals surface area (Å²) >= 11 is 0. The molecule has 11 aromatic carbocycles. The number of allylic oxidation sites excluding steroid dienone is 4. The van der Waals surface area contributed by atoms with Gasteiger partial charge in [0.15, 0.2) is 0 Å². The third-order valence-corrected chi connectivity index (χ3v) is 18.5.